The lowest BCUT2D eigenvalue weighted by Crippen LogP contribution is -2.61. The Bertz CT molecular complexity index is 1420. The first-order valence-electron chi connectivity index (χ1n) is 27.7. The van der Waals surface area contributed by atoms with Gasteiger partial charge >= 0.3 is 11.9 Å². The molecule has 7 N–H and O–H groups in total. The highest BCUT2D eigenvalue weighted by molar-refractivity contribution is 5.70. The summed E-state index contributed by atoms with van der Waals surface area (Å²) in [7, 11) is 0. The molecule has 2 rings (SSSR count). The molecule has 2 heterocycles. The van der Waals surface area contributed by atoms with Crippen molar-refractivity contribution in [1.82, 2.24) is 0 Å². The number of ether oxygens (including phenoxy) is 6. The van der Waals surface area contributed by atoms with Gasteiger partial charge in [-0.2, -0.15) is 0 Å². The van der Waals surface area contributed by atoms with Crippen LogP contribution in [0.15, 0.2) is 48.6 Å². The van der Waals surface area contributed by atoms with Crippen LogP contribution in [-0.4, -0.2) is 142 Å². The van der Waals surface area contributed by atoms with Gasteiger partial charge in [0.05, 0.1) is 19.8 Å². The largest absolute Gasteiger partial charge is 0.462 e. The van der Waals surface area contributed by atoms with Crippen molar-refractivity contribution in [1.29, 1.82) is 0 Å². The second-order valence-electron chi connectivity index (χ2n) is 19.4. The molecule has 0 bridgehead atoms. The van der Waals surface area contributed by atoms with Crippen molar-refractivity contribution in [2.24, 2.45) is 0 Å². The zero-order valence-electron chi connectivity index (χ0n) is 43.7. The number of rotatable bonds is 43. The maximum atomic E-state index is 13.0. The van der Waals surface area contributed by atoms with E-state index < -0.39 is 99.3 Å². The van der Waals surface area contributed by atoms with E-state index in [0.717, 1.165) is 44.9 Å². The van der Waals surface area contributed by atoms with Gasteiger partial charge in [-0.3, -0.25) is 9.59 Å². The second kappa shape index (κ2) is 42.8. The molecule has 11 atom stereocenters. The van der Waals surface area contributed by atoms with Crippen molar-refractivity contribution in [3.63, 3.8) is 0 Å². The molecule has 0 aromatic heterocycles. The molecule has 2 saturated heterocycles. The van der Waals surface area contributed by atoms with E-state index in [2.05, 4.69) is 56.4 Å². The van der Waals surface area contributed by atoms with Crippen molar-refractivity contribution in [2.75, 3.05) is 26.4 Å². The maximum Gasteiger partial charge on any atom is 0.306 e. The molecule has 0 spiro atoms. The Morgan fingerprint density at radius 3 is 1.37 bits per heavy atom. The van der Waals surface area contributed by atoms with Gasteiger partial charge in [-0.25, -0.2) is 0 Å². The minimum atomic E-state index is -1.77. The van der Waals surface area contributed by atoms with Gasteiger partial charge in [0.2, 0.25) is 0 Å². The van der Waals surface area contributed by atoms with Gasteiger partial charge in [0, 0.05) is 12.8 Å². The van der Waals surface area contributed by atoms with Gasteiger partial charge in [0.1, 0.15) is 55.4 Å². The molecular formula is C56H98O15. The highest BCUT2D eigenvalue weighted by atomic mass is 16.7. The van der Waals surface area contributed by atoms with Crippen LogP contribution in [0.5, 0.6) is 0 Å². The summed E-state index contributed by atoms with van der Waals surface area (Å²) in [4.78, 5) is 25.8. The summed E-state index contributed by atoms with van der Waals surface area (Å²) < 4.78 is 33.6. The summed E-state index contributed by atoms with van der Waals surface area (Å²) in [6.45, 7) is 2.54. The van der Waals surface area contributed by atoms with Gasteiger partial charge in [0.25, 0.3) is 0 Å². The Morgan fingerprint density at radius 2 is 0.859 bits per heavy atom. The molecule has 15 heteroatoms. The molecule has 0 aromatic carbocycles. The summed E-state index contributed by atoms with van der Waals surface area (Å²) >= 11 is 0. The molecule has 2 fully saturated rings. The van der Waals surface area contributed by atoms with Crippen LogP contribution in [0, 0.1) is 0 Å². The van der Waals surface area contributed by atoms with Crippen LogP contribution >= 0.6 is 0 Å². The topological polar surface area (TPSA) is 231 Å². The summed E-state index contributed by atoms with van der Waals surface area (Å²) in [6, 6.07) is 0. The number of carbonyl (C=O) groups excluding carboxylic acids is 2. The number of hydrogen-bond acceptors (Lipinski definition) is 15. The minimum Gasteiger partial charge on any atom is -0.462 e. The average molecular weight is 1010 g/mol. The first-order chi connectivity index (χ1) is 34.5. The monoisotopic (exact) mass is 1010 g/mol. The second-order valence-corrected chi connectivity index (χ2v) is 19.4. The summed E-state index contributed by atoms with van der Waals surface area (Å²) in [5.74, 6) is -0.986. The number of hydrogen-bond donors (Lipinski definition) is 7. The Morgan fingerprint density at radius 1 is 0.451 bits per heavy atom. The number of aliphatic hydroxyl groups is 7. The van der Waals surface area contributed by atoms with Crippen LogP contribution in [0.3, 0.4) is 0 Å². The number of unbranched alkanes of at least 4 members (excludes halogenated alkanes) is 21. The summed E-state index contributed by atoms with van der Waals surface area (Å²) in [6.07, 6.45) is 31.4. The third kappa shape index (κ3) is 30.4. The number of allylic oxidation sites excluding steroid dienone is 8. The SMILES string of the molecule is CCCCCCCCC/C=C/C/C=C/C/C=C/C/C=C/CCCC(=O)OC[C@@H](CO[C@@H]1O[C@H](CO[C@@H]2O[C@H](CO)[C@H](O)C(O)C2O)[C@H](O)C(O)C1O)OC(=O)CCCCCCCCCCCCCCCC. The van der Waals surface area contributed by atoms with Crippen molar-refractivity contribution < 1.29 is 73.8 Å². The van der Waals surface area contributed by atoms with E-state index in [0.29, 0.717) is 19.3 Å². The van der Waals surface area contributed by atoms with Crippen molar-refractivity contribution in [3.8, 4) is 0 Å². The lowest BCUT2D eigenvalue weighted by atomic mass is 9.98. The summed E-state index contributed by atoms with van der Waals surface area (Å²) in [5, 5.41) is 72.2. The third-order valence-corrected chi connectivity index (χ3v) is 13.1. The predicted octanol–water partition coefficient (Wildman–Crippen LogP) is 8.66. The molecule has 0 aromatic rings. The normalized spacial score (nSPS) is 25.5. The fraction of sp³-hybridized carbons (Fsp3) is 0.821. The lowest BCUT2D eigenvalue weighted by molar-refractivity contribution is -0.332. The molecule has 4 unspecified atom stereocenters. The first kappa shape index (κ1) is 64.6. The summed E-state index contributed by atoms with van der Waals surface area (Å²) in [5.41, 5.74) is 0. The lowest BCUT2D eigenvalue weighted by Gasteiger charge is -2.42. The van der Waals surface area contributed by atoms with Crippen LogP contribution < -0.4 is 0 Å². The first-order valence-corrected chi connectivity index (χ1v) is 27.7. The number of esters is 2. The Kier molecular flexibility index (Phi) is 38.9. The quantitative estimate of drug-likeness (QED) is 0.0172. The van der Waals surface area contributed by atoms with Crippen LogP contribution in [-0.2, 0) is 38.0 Å². The van der Waals surface area contributed by atoms with Gasteiger partial charge in [-0.05, 0) is 51.4 Å². The average Bonchev–Trinajstić information content (AvgIpc) is 3.36. The molecule has 0 saturated carbocycles. The molecule has 2 aliphatic rings. The Balaban J connectivity index is 1.80. The van der Waals surface area contributed by atoms with Crippen LogP contribution in [0.1, 0.15) is 200 Å². The van der Waals surface area contributed by atoms with Crippen molar-refractivity contribution >= 4 is 11.9 Å². The molecular weight excluding hydrogens is 913 g/mol. The predicted molar refractivity (Wildman–Crippen MR) is 275 cm³/mol. The van der Waals surface area contributed by atoms with Gasteiger partial charge in [-0.15, -0.1) is 0 Å². The minimum absolute atomic E-state index is 0.143. The van der Waals surface area contributed by atoms with E-state index in [-0.39, 0.29) is 19.4 Å². The fourth-order valence-corrected chi connectivity index (χ4v) is 8.50. The third-order valence-electron chi connectivity index (χ3n) is 13.1. The Hall–Kier alpha value is -2.54. The van der Waals surface area contributed by atoms with Crippen molar-refractivity contribution in [2.45, 2.75) is 268 Å². The molecule has 0 amide bonds. The molecule has 0 radical (unpaired) electrons. The number of carbonyl (C=O) groups is 2. The van der Waals surface area contributed by atoms with E-state index in [1.54, 1.807) is 0 Å². The number of aliphatic hydroxyl groups excluding tert-OH is 7. The molecule has 412 valence electrons. The zero-order valence-corrected chi connectivity index (χ0v) is 43.7. The molecule has 71 heavy (non-hydrogen) atoms. The van der Waals surface area contributed by atoms with Crippen LogP contribution in [0.4, 0.5) is 0 Å². The van der Waals surface area contributed by atoms with Gasteiger partial charge in [0.15, 0.2) is 18.7 Å². The van der Waals surface area contributed by atoms with Gasteiger partial charge in [-0.1, -0.05) is 184 Å². The highest BCUT2D eigenvalue weighted by Gasteiger charge is 2.47. The Labute approximate surface area is 427 Å². The van der Waals surface area contributed by atoms with E-state index >= 15 is 0 Å². The maximum absolute atomic E-state index is 13.0. The van der Waals surface area contributed by atoms with E-state index in [9.17, 15) is 45.3 Å². The smallest absolute Gasteiger partial charge is 0.306 e. The highest BCUT2D eigenvalue weighted by Crippen LogP contribution is 2.26. The van der Waals surface area contributed by atoms with Crippen molar-refractivity contribution in [3.05, 3.63) is 48.6 Å². The van der Waals surface area contributed by atoms with E-state index in [1.165, 1.54) is 109 Å². The molecule has 0 aliphatic carbocycles. The fourth-order valence-electron chi connectivity index (χ4n) is 8.50. The van der Waals surface area contributed by atoms with Crippen LogP contribution in [0.25, 0.3) is 0 Å². The van der Waals surface area contributed by atoms with Crippen LogP contribution in [0.2, 0.25) is 0 Å². The standard InChI is InChI=1S/C56H98O15/c1-3-5-7-9-11-13-15-17-19-20-21-22-23-24-25-27-28-30-32-34-36-38-47(58)66-41-44(69-48(59)39-37-35-33-31-29-26-18-16-14-12-10-8-6-4-2)42-67-55-54(65)52(63)50(61)46(71-55)43-68-56-53(64)51(62)49(60)45(40-57)70-56/h19-20,22-23,25,27,30,32,44-46,49-57,60-65H,3-18,21,24,26,28-29,31,33-43H2,1-2H3/b20-19+,23-22+,27-25+,32-30+/t44-,45+,46+,49-,50-,51?,52?,53?,54?,55+,56+/m0/s1. The van der Waals surface area contributed by atoms with Gasteiger partial charge < -0.3 is 64.2 Å². The van der Waals surface area contributed by atoms with E-state index in [4.69, 9.17) is 28.4 Å². The molecule has 2 aliphatic heterocycles. The van der Waals surface area contributed by atoms with E-state index in [1.807, 2.05) is 6.08 Å². The zero-order chi connectivity index (χ0) is 51.7. The molecule has 15 nitrogen and oxygen atoms in total.